The number of halogens is 1. The summed E-state index contributed by atoms with van der Waals surface area (Å²) < 4.78 is 30.8. The first-order valence-corrected chi connectivity index (χ1v) is 8.80. The van der Waals surface area contributed by atoms with E-state index in [1.165, 1.54) is 4.31 Å². The maximum absolute atomic E-state index is 11.9. The number of hydrogen-bond acceptors (Lipinski definition) is 3. The van der Waals surface area contributed by atoms with Crippen LogP contribution in [-0.4, -0.2) is 44.6 Å². The minimum Gasteiger partial charge on any atom is -0.492 e. The highest BCUT2D eigenvalue weighted by atomic mass is 35.5. The zero-order chi connectivity index (χ0) is 15.0. The number of nitrogens with zero attached hydrogens (tertiary/aromatic N) is 1. The first kappa shape index (κ1) is 17.3. The van der Waals surface area contributed by atoms with Crippen LogP contribution in [0.5, 0.6) is 5.75 Å². The minimum absolute atomic E-state index is 0.139. The van der Waals surface area contributed by atoms with Gasteiger partial charge in [0.2, 0.25) is 10.0 Å². The second-order valence-corrected chi connectivity index (χ2v) is 7.22. The Morgan fingerprint density at radius 3 is 2.60 bits per heavy atom. The number of rotatable bonds is 9. The molecule has 114 valence electrons. The van der Waals surface area contributed by atoms with Crippen LogP contribution in [0.1, 0.15) is 18.4 Å². The van der Waals surface area contributed by atoms with Gasteiger partial charge in [0.05, 0.1) is 5.75 Å². The molecular formula is C14H22ClNO3S. The molecule has 0 fully saturated rings. The molecular weight excluding hydrogens is 298 g/mol. The van der Waals surface area contributed by atoms with Crippen molar-refractivity contribution in [2.75, 3.05) is 31.8 Å². The number of sulfonamides is 1. The number of hydrogen-bond donors (Lipinski definition) is 0. The highest BCUT2D eigenvalue weighted by molar-refractivity contribution is 7.89. The smallest absolute Gasteiger partial charge is 0.213 e. The molecule has 0 aromatic heterocycles. The number of likely N-dealkylation sites (N-methyl/N-ethyl adjacent to an activating group) is 1. The molecule has 20 heavy (non-hydrogen) atoms. The molecule has 0 heterocycles. The van der Waals surface area contributed by atoms with Crippen molar-refractivity contribution in [2.45, 2.75) is 19.8 Å². The molecule has 0 amide bonds. The highest BCUT2D eigenvalue weighted by Gasteiger charge is 2.17. The van der Waals surface area contributed by atoms with Gasteiger partial charge in [-0.05, 0) is 31.4 Å². The molecule has 0 aliphatic carbocycles. The van der Waals surface area contributed by atoms with Gasteiger partial charge in [-0.1, -0.05) is 18.2 Å². The molecule has 0 saturated carbocycles. The van der Waals surface area contributed by atoms with Crippen LogP contribution in [0.3, 0.4) is 0 Å². The second-order valence-electron chi connectivity index (χ2n) is 4.65. The van der Waals surface area contributed by atoms with Crippen LogP contribution in [0.2, 0.25) is 0 Å². The van der Waals surface area contributed by atoms with E-state index in [0.717, 1.165) is 11.3 Å². The molecule has 0 unspecified atom stereocenters. The predicted octanol–water partition coefficient (Wildman–Crippen LogP) is 2.65. The van der Waals surface area contributed by atoms with Gasteiger partial charge in [0, 0.05) is 19.5 Å². The Balaban J connectivity index is 2.39. The molecule has 0 spiro atoms. The molecule has 0 bridgehead atoms. The van der Waals surface area contributed by atoms with Crippen LogP contribution in [0, 0.1) is 6.92 Å². The summed E-state index contributed by atoms with van der Waals surface area (Å²) in [7, 11) is -1.62. The largest absolute Gasteiger partial charge is 0.492 e. The standard InChI is InChI=1S/C14H22ClNO3S/c1-13-7-3-4-8-14(13)19-11-10-16(2)20(17,18)12-6-5-9-15/h3-4,7-8H,5-6,9-12H2,1-2H3. The van der Waals surface area contributed by atoms with Gasteiger partial charge >= 0.3 is 0 Å². The number of alkyl halides is 1. The Kier molecular flexibility index (Phi) is 7.34. The molecule has 0 atom stereocenters. The van der Waals surface area contributed by atoms with E-state index in [2.05, 4.69) is 0 Å². The molecule has 0 aliphatic heterocycles. The van der Waals surface area contributed by atoms with E-state index in [1.54, 1.807) is 7.05 Å². The van der Waals surface area contributed by atoms with Gasteiger partial charge in [-0.25, -0.2) is 12.7 Å². The van der Waals surface area contributed by atoms with Gasteiger partial charge in [0.25, 0.3) is 0 Å². The fourth-order valence-electron chi connectivity index (χ4n) is 1.68. The third-order valence-corrected chi connectivity index (χ3v) is 5.22. The Bertz CT molecular complexity index is 505. The number of benzene rings is 1. The third-order valence-electron chi connectivity index (χ3n) is 3.02. The van der Waals surface area contributed by atoms with Gasteiger partial charge in [-0.3, -0.25) is 0 Å². The molecule has 4 nitrogen and oxygen atoms in total. The van der Waals surface area contributed by atoms with E-state index in [9.17, 15) is 8.42 Å². The summed E-state index contributed by atoms with van der Waals surface area (Å²) >= 11 is 5.55. The van der Waals surface area contributed by atoms with Gasteiger partial charge in [-0.15, -0.1) is 11.6 Å². The van der Waals surface area contributed by atoms with Crippen LogP contribution in [0.25, 0.3) is 0 Å². The van der Waals surface area contributed by atoms with Gasteiger partial charge in [0.15, 0.2) is 0 Å². The summed E-state index contributed by atoms with van der Waals surface area (Å²) in [5, 5.41) is 0. The van der Waals surface area contributed by atoms with Crippen molar-refractivity contribution in [2.24, 2.45) is 0 Å². The maximum Gasteiger partial charge on any atom is 0.213 e. The average molecular weight is 320 g/mol. The van der Waals surface area contributed by atoms with E-state index in [4.69, 9.17) is 16.3 Å². The molecule has 1 aromatic rings. The summed E-state index contributed by atoms with van der Waals surface area (Å²) in [6, 6.07) is 7.68. The number of ether oxygens (including phenoxy) is 1. The molecule has 0 radical (unpaired) electrons. The topological polar surface area (TPSA) is 46.6 Å². The minimum atomic E-state index is -3.20. The number of unbranched alkanes of at least 4 members (excludes halogenated alkanes) is 1. The lowest BCUT2D eigenvalue weighted by Gasteiger charge is -2.17. The van der Waals surface area contributed by atoms with Crippen molar-refractivity contribution in [3.8, 4) is 5.75 Å². The van der Waals surface area contributed by atoms with Crippen LogP contribution < -0.4 is 4.74 Å². The van der Waals surface area contributed by atoms with E-state index in [0.29, 0.717) is 31.9 Å². The zero-order valence-electron chi connectivity index (χ0n) is 12.0. The normalized spacial score (nSPS) is 11.8. The maximum atomic E-state index is 11.9. The monoisotopic (exact) mass is 319 g/mol. The van der Waals surface area contributed by atoms with Crippen LogP contribution >= 0.6 is 11.6 Å². The fourth-order valence-corrected chi connectivity index (χ4v) is 3.10. The van der Waals surface area contributed by atoms with Gasteiger partial charge in [0.1, 0.15) is 12.4 Å². The first-order chi connectivity index (χ1) is 9.47. The van der Waals surface area contributed by atoms with E-state index in [-0.39, 0.29) is 5.75 Å². The van der Waals surface area contributed by atoms with Gasteiger partial charge < -0.3 is 4.74 Å². The second kappa shape index (κ2) is 8.49. The van der Waals surface area contributed by atoms with Crippen molar-refractivity contribution in [1.29, 1.82) is 0 Å². The molecule has 0 aliphatic rings. The third kappa shape index (κ3) is 5.69. The summed E-state index contributed by atoms with van der Waals surface area (Å²) in [5.74, 6) is 1.43. The lowest BCUT2D eigenvalue weighted by Crippen LogP contribution is -2.32. The Labute approximate surface area is 126 Å². The zero-order valence-corrected chi connectivity index (χ0v) is 13.6. The predicted molar refractivity (Wildman–Crippen MR) is 83.0 cm³/mol. The summed E-state index contributed by atoms with van der Waals surface area (Å²) in [5.41, 5.74) is 1.04. The summed E-state index contributed by atoms with van der Waals surface area (Å²) in [6.07, 6.45) is 1.31. The van der Waals surface area contributed by atoms with Crippen molar-refractivity contribution in [3.05, 3.63) is 29.8 Å². The van der Waals surface area contributed by atoms with Crippen LogP contribution in [0.15, 0.2) is 24.3 Å². The number of aryl methyl sites for hydroxylation is 1. The summed E-state index contributed by atoms with van der Waals surface area (Å²) in [6.45, 7) is 2.65. The lowest BCUT2D eigenvalue weighted by atomic mass is 10.2. The average Bonchev–Trinajstić information content (AvgIpc) is 2.41. The molecule has 1 aromatic carbocycles. The quantitative estimate of drug-likeness (QED) is 0.519. The van der Waals surface area contributed by atoms with E-state index in [1.807, 2.05) is 31.2 Å². The summed E-state index contributed by atoms with van der Waals surface area (Å²) in [4.78, 5) is 0. The molecule has 1 rings (SSSR count). The molecule has 0 N–H and O–H groups in total. The van der Waals surface area contributed by atoms with E-state index < -0.39 is 10.0 Å². The van der Waals surface area contributed by atoms with Crippen molar-refractivity contribution < 1.29 is 13.2 Å². The molecule has 6 heteroatoms. The molecule has 0 saturated heterocycles. The van der Waals surface area contributed by atoms with Gasteiger partial charge in [-0.2, -0.15) is 0 Å². The fraction of sp³-hybridized carbons (Fsp3) is 0.571. The van der Waals surface area contributed by atoms with Crippen molar-refractivity contribution in [3.63, 3.8) is 0 Å². The highest BCUT2D eigenvalue weighted by Crippen LogP contribution is 2.16. The van der Waals surface area contributed by atoms with E-state index >= 15 is 0 Å². The Morgan fingerprint density at radius 1 is 1.25 bits per heavy atom. The van der Waals surface area contributed by atoms with Crippen LogP contribution in [-0.2, 0) is 10.0 Å². The van der Waals surface area contributed by atoms with Crippen molar-refractivity contribution >= 4 is 21.6 Å². The Hall–Kier alpha value is -0.780. The van der Waals surface area contributed by atoms with Crippen LogP contribution in [0.4, 0.5) is 0 Å². The Morgan fingerprint density at radius 2 is 1.95 bits per heavy atom. The number of para-hydroxylation sites is 1. The lowest BCUT2D eigenvalue weighted by molar-refractivity contribution is 0.285. The van der Waals surface area contributed by atoms with Crippen molar-refractivity contribution in [1.82, 2.24) is 4.31 Å². The SMILES string of the molecule is Cc1ccccc1OCCN(C)S(=O)(=O)CCCCCl. The first-order valence-electron chi connectivity index (χ1n) is 6.66.